The van der Waals surface area contributed by atoms with Crippen molar-refractivity contribution in [3.8, 4) is 11.5 Å². The maximum absolute atomic E-state index is 12.9. The van der Waals surface area contributed by atoms with Gasteiger partial charge in [-0.2, -0.15) is 0 Å². The molecule has 0 aliphatic rings. The van der Waals surface area contributed by atoms with Crippen molar-refractivity contribution in [1.29, 1.82) is 0 Å². The van der Waals surface area contributed by atoms with Crippen molar-refractivity contribution in [3.05, 3.63) is 59.9 Å². The third-order valence-corrected chi connectivity index (χ3v) is 4.37. The van der Waals surface area contributed by atoms with Gasteiger partial charge in [0.2, 0.25) is 5.91 Å². The molecule has 1 heterocycles. The van der Waals surface area contributed by atoms with E-state index in [0.29, 0.717) is 31.3 Å². The number of nitrogens with zero attached hydrogens (tertiary/aromatic N) is 2. The van der Waals surface area contributed by atoms with E-state index in [-0.39, 0.29) is 24.8 Å². The Balaban J connectivity index is 2.11. The molecule has 1 aromatic heterocycles. The van der Waals surface area contributed by atoms with E-state index in [4.69, 9.17) is 14.2 Å². The van der Waals surface area contributed by atoms with Crippen LogP contribution in [0.5, 0.6) is 11.5 Å². The molecule has 0 saturated carbocycles. The van der Waals surface area contributed by atoms with E-state index in [9.17, 15) is 9.59 Å². The van der Waals surface area contributed by atoms with E-state index in [0.717, 1.165) is 17.5 Å². The summed E-state index contributed by atoms with van der Waals surface area (Å²) >= 11 is 0. The highest BCUT2D eigenvalue weighted by molar-refractivity contribution is 5.92. The summed E-state index contributed by atoms with van der Waals surface area (Å²) in [5, 5.41) is 0. The van der Waals surface area contributed by atoms with Gasteiger partial charge in [0.25, 0.3) is 0 Å². The van der Waals surface area contributed by atoms with Gasteiger partial charge in [0.05, 0.1) is 26.7 Å². The third kappa shape index (κ3) is 8.12. The van der Waals surface area contributed by atoms with Gasteiger partial charge in [0.15, 0.2) is 11.5 Å². The van der Waals surface area contributed by atoms with Crippen molar-refractivity contribution in [1.82, 2.24) is 9.88 Å². The van der Waals surface area contributed by atoms with Crippen molar-refractivity contribution in [2.75, 3.05) is 26.9 Å². The SMILES string of the molecule is CCCOc1ccc(/C=C/C(=O)N(CCC(=O)OCC)Cc2cccnc2)cc1OC. The average molecular weight is 427 g/mol. The first-order valence-corrected chi connectivity index (χ1v) is 10.4. The molecule has 1 aromatic carbocycles. The van der Waals surface area contributed by atoms with Crippen molar-refractivity contribution in [2.24, 2.45) is 0 Å². The number of rotatable bonds is 12. The van der Waals surface area contributed by atoms with Gasteiger partial charge in [-0.15, -0.1) is 0 Å². The molecule has 0 N–H and O–H groups in total. The Hall–Kier alpha value is -3.35. The van der Waals surface area contributed by atoms with Crippen molar-refractivity contribution < 1.29 is 23.8 Å². The van der Waals surface area contributed by atoms with Gasteiger partial charge in [-0.1, -0.05) is 19.1 Å². The number of benzene rings is 1. The number of carbonyl (C=O) groups excluding carboxylic acids is 2. The van der Waals surface area contributed by atoms with Crippen molar-refractivity contribution in [3.63, 3.8) is 0 Å². The number of methoxy groups -OCH3 is 1. The van der Waals surface area contributed by atoms with E-state index in [1.54, 1.807) is 37.4 Å². The second-order valence-electron chi connectivity index (χ2n) is 6.77. The molecular weight excluding hydrogens is 396 g/mol. The van der Waals surface area contributed by atoms with E-state index in [1.807, 2.05) is 37.3 Å². The van der Waals surface area contributed by atoms with Gasteiger partial charge in [0.1, 0.15) is 0 Å². The van der Waals surface area contributed by atoms with E-state index in [2.05, 4.69) is 4.98 Å². The molecule has 0 saturated heterocycles. The number of hydrogen-bond acceptors (Lipinski definition) is 6. The van der Waals surface area contributed by atoms with Crippen LogP contribution in [0.15, 0.2) is 48.8 Å². The maximum Gasteiger partial charge on any atom is 0.307 e. The molecule has 0 spiro atoms. The third-order valence-electron chi connectivity index (χ3n) is 4.37. The second-order valence-corrected chi connectivity index (χ2v) is 6.77. The molecule has 7 heteroatoms. The topological polar surface area (TPSA) is 78.0 Å². The minimum Gasteiger partial charge on any atom is -0.493 e. The minimum atomic E-state index is -0.331. The molecule has 0 unspecified atom stereocenters. The largest absolute Gasteiger partial charge is 0.493 e. The summed E-state index contributed by atoms with van der Waals surface area (Å²) in [5.74, 6) is 0.736. The summed E-state index contributed by atoms with van der Waals surface area (Å²) in [7, 11) is 1.58. The molecule has 2 aromatic rings. The number of aromatic nitrogens is 1. The Morgan fingerprint density at radius 2 is 2.00 bits per heavy atom. The van der Waals surface area contributed by atoms with Crippen LogP contribution in [-0.2, 0) is 20.9 Å². The Bertz CT molecular complexity index is 868. The zero-order valence-corrected chi connectivity index (χ0v) is 18.4. The fourth-order valence-electron chi connectivity index (χ4n) is 2.83. The molecule has 1 amide bonds. The zero-order chi connectivity index (χ0) is 22.5. The number of esters is 1. The fourth-order valence-corrected chi connectivity index (χ4v) is 2.83. The Morgan fingerprint density at radius 1 is 1.16 bits per heavy atom. The lowest BCUT2D eigenvalue weighted by Gasteiger charge is -2.21. The Kier molecular flexibility index (Phi) is 10.1. The summed E-state index contributed by atoms with van der Waals surface area (Å²) in [4.78, 5) is 30.3. The number of amides is 1. The fraction of sp³-hybridized carbons (Fsp3) is 0.375. The second kappa shape index (κ2) is 13.1. The highest BCUT2D eigenvalue weighted by Crippen LogP contribution is 2.28. The molecule has 0 fully saturated rings. The number of hydrogen-bond donors (Lipinski definition) is 0. The summed E-state index contributed by atoms with van der Waals surface area (Å²) in [6.45, 7) is 5.32. The quantitative estimate of drug-likeness (QED) is 0.379. The number of ether oxygens (including phenoxy) is 3. The zero-order valence-electron chi connectivity index (χ0n) is 18.4. The van der Waals surface area contributed by atoms with Crippen LogP contribution < -0.4 is 9.47 Å². The average Bonchev–Trinajstić information content (AvgIpc) is 2.79. The molecule has 0 atom stereocenters. The number of pyridine rings is 1. The van der Waals surface area contributed by atoms with E-state index < -0.39 is 0 Å². The highest BCUT2D eigenvalue weighted by atomic mass is 16.5. The lowest BCUT2D eigenvalue weighted by Crippen LogP contribution is -2.31. The van der Waals surface area contributed by atoms with Crippen LogP contribution in [0.25, 0.3) is 6.08 Å². The van der Waals surface area contributed by atoms with E-state index in [1.165, 1.54) is 6.08 Å². The molecule has 2 rings (SSSR count). The van der Waals surface area contributed by atoms with Crippen LogP contribution in [0.1, 0.15) is 37.8 Å². The first-order chi connectivity index (χ1) is 15.1. The minimum absolute atomic E-state index is 0.130. The first-order valence-electron chi connectivity index (χ1n) is 10.4. The molecule has 7 nitrogen and oxygen atoms in total. The van der Waals surface area contributed by atoms with Gasteiger partial charge in [-0.3, -0.25) is 14.6 Å². The van der Waals surface area contributed by atoms with Crippen molar-refractivity contribution in [2.45, 2.75) is 33.2 Å². The molecule has 0 aliphatic carbocycles. The maximum atomic E-state index is 12.9. The molecule has 31 heavy (non-hydrogen) atoms. The monoisotopic (exact) mass is 426 g/mol. The predicted molar refractivity (Wildman–Crippen MR) is 119 cm³/mol. The van der Waals surface area contributed by atoms with Crippen LogP contribution >= 0.6 is 0 Å². The van der Waals surface area contributed by atoms with Crippen LogP contribution in [0.3, 0.4) is 0 Å². The van der Waals surface area contributed by atoms with Gasteiger partial charge in [0, 0.05) is 31.6 Å². The Labute approximate surface area is 183 Å². The summed E-state index contributed by atoms with van der Waals surface area (Å²) in [6, 6.07) is 9.21. The lowest BCUT2D eigenvalue weighted by atomic mass is 10.1. The Morgan fingerprint density at radius 3 is 2.68 bits per heavy atom. The van der Waals surface area contributed by atoms with E-state index >= 15 is 0 Å². The van der Waals surface area contributed by atoms with Gasteiger partial charge >= 0.3 is 5.97 Å². The summed E-state index contributed by atoms with van der Waals surface area (Å²) < 4.78 is 16.0. The molecule has 0 aliphatic heterocycles. The summed E-state index contributed by atoms with van der Waals surface area (Å²) in [6.07, 6.45) is 7.62. The van der Waals surface area contributed by atoms with Crippen LogP contribution in [0.2, 0.25) is 0 Å². The smallest absolute Gasteiger partial charge is 0.307 e. The van der Waals surface area contributed by atoms with Crippen LogP contribution in [0, 0.1) is 0 Å². The van der Waals surface area contributed by atoms with Crippen molar-refractivity contribution >= 4 is 18.0 Å². The van der Waals surface area contributed by atoms with Gasteiger partial charge < -0.3 is 19.1 Å². The molecule has 0 radical (unpaired) electrons. The molecule has 0 bridgehead atoms. The van der Waals surface area contributed by atoms with Crippen LogP contribution in [-0.4, -0.2) is 48.6 Å². The standard InChI is InChI=1S/C24H30N2O5/c1-4-15-31-21-10-8-19(16-22(21)29-3)9-11-23(27)26(14-12-24(28)30-5-2)18-20-7-6-13-25-17-20/h6-11,13,16-17H,4-5,12,14-15,18H2,1-3H3/b11-9+. The summed E-state index contributed by atoms with van der Waals surface area (Å²) in [5.41, 5.74) is 1.69. The van der Waals surface area contributed by atoms with Crippen LogP contribution in [0.4, 0.5) is 0 Å². The first kappa shape index (κ1) is 23.9. The van der Waals surface area contributed by atoms with Gasteiger partial charge in [-0.25, -0.2) is 0 Å². The number of carbonyl (C=O) groups is 2. The normalized spacial score (nSPS) is 10.7. The lowest BCUT2D eigenvalue weighted by molar-refractivity contribution is -0.143. The molecular formula is C24H30N2O5. The highest BCUT2D eigenvalue weighted by Gasteiger charge is 2.14. The molecule has 166 valence electrons. The predicted octanol–water partition coefficient (Wildman–Crippen LogP) is 3.87. The van der Waals surface area contributed by atoms with Gasteiger partial charge in [-0.05, 0) is 48.7 Å².